The van der Waals surface area contributed by atoms with Gasteiger partial charge in [0.15, 0.2) is 0 Å². The minimum atomic E-state index is 0.157. The van der Waals surface area contributed by atoms with Gasteiger partial charge in [0.05, 0.1) is 0 Å². The highest BCUT2D eigenvalue weighted by Gasteiger charge is 2.30. The summed E-state index contributed by atoms with van der Waals surface area (Å²) in [4.78, 5) is 14.3. The number of halogens is 1. The van der Waals surface area contributed by atoms with Gasteiger partial charge >= 0.3 is 0 Å². The van der Waals surface area contributed by atoms with Crippen molar-refractivity contribution < 1.29 is 4.79 Å². The van der Waals surface area contributed by atoms with Gasteiger partial charge in [-0.3, -0.25) is 4.79 Å². The molecule has 0 atom stereocenters. The first-order valence-corrected chi connectivity index (χ1v) is 7.36. The Morgan fingerprint density at radius 2 is 1.83 bits per heavy atom. The number of rotatable bonds is 2. The number of carbonyl (C=O) groups is 1. The highest BCUT2D eigenvalue weighted by molar-refractivity contribution is 14.1. The second kappa shape index (κ2) is 5.57. The topological polar surface area (TPSA) is 32.3 Å². The van der Waals surface area contributed by atoms with Crippen molar-refractivity contribution >= 4 is 28.5 Å². The monoisotopic (exact) mass is 358 g/mol. The van der Waals surface area contributed by atoms with Crippen LogP contribution in [0.1, 0.15) is 30.1 Å². The van der Waals surface area contributed by atoms with E-state index < -0.39 is 0 Å². The lowest BCUT2D eigenvalue weighted by atomic mass is 9.89. The second-order valence-electron chi connectivity index (χ2n) is 5.11. The fraction of sp³-hybridized carbons (Fsp3) is 0.500. The lowest BCUT2D eigenvalue weighted by molar-refractivity contribution is 0.0662. The van der Waals surface area contributed by atoms with Crippen molar-refractivity contribution in [2.75, 3.05) is 20.1 Å². The zero-order valence-electron chi connectivity index (χ0n) is 10.9. The summed E-state index contributed by atoms with van der Waals surface area (Å²) >= 11 is 2.25. The van der Waals surface area contributed by atoms with Gasteiger partial charge in [-0.05, 0) is 73.7 Å². The van der Waals surface area contributed by atoms with Crippen LogP contribution in [0.2, 0.25) is 0 Å². The van der Waals surface area contributed by atoms with Crippen LogP contribution in [0, 0.1) is 3.57 Å². The molecule has 0 aromatic heterocycles. The minimum Gasteiger partial charge on any atom is -0.339 e. The van der Waals surface area contributed by atoms with Gasteiger partial charge in [0.2, 0.25) is 0 Å². The van der Waals surface area contributed by atoms with E-state index in [0.717, 1.165) is 35.1 Å². The summed E-state index contributed by atoms with van der Waals surface area (Å²) in [7, 11) is 2.00. The maximum absolute atomic E-state index is 12.3. The average Bonchev–Trinajstić information content (AvgIpc) is 2.40. The quantitative estimate of drug-likeness (QED) is 0.824. The predicted octanol–water partition coefficient (Wildman–Crippen LogP) is 2.51. The largest absolute Gasteiger partial charge is 0.339 e. The molecule has 0 radical (unpaired) electrons. The molecule has 0 bridgehead atoms. The van der Waals surface area contributed by atoms with Crippen LogP contribution in [0.5, 0.6) is 0 Å². The van der Waals surface area contributed by atoms with Crippen LogP contribution >= 0.6 is 22.6 Å². The SMILES string of the molecule is CNC1(C)CCN(C(=O)c2ccc(I)cc2)CC1. The van der Waals surface area contributed by atoms with Gasteiger partial charge in [-0.15, -0.1) is 0 Å². The summed E-state index contributed by atoms with van der Waals surface area (Å²) in [6, 6.07) is 7.79. The summed E-state index contributed by atoms with van der Waals surface area (Å²) in [6.45, 7) is 3.89. The maximum Gasteiger partial charge on any atom is 0.253 e. The molecule has 1 N–H and O–H groups in total. The molecule has 1 saturated heterocycles. The van der Waals surface area contributed by atoms with Crippen LogP contribution in [0.3, 0.4) is 0 Å². The van der Waals surface area contributed by atoms with E-state index in [9.17, 15) is 4.79 Å². The molecule has 0 spiro atoms. The van der Waals surface area contributed by atoms with E-state index in [1.807, 2.05) is 36.2 Å². The molecule has 1 aromatic rings. The van der Waals surface area contributed by atoms with Gasteiger partial charge in [0, 0.05) is 27.8 Å². The maximum atomic E-state index is 12.3. The molecule has 1 aliphatic rings. The van der Waals surface area contributed by atoms with Crippen LogP contribution in [-0.4, -0.2) is 36.5 Å². The van der Waals surface area contributed by atoms with Crippen molar-refractivity contribution in [3.8, 4) is 0 Å². The van der Waals surface area contributed by atoms with E-state index in [0.29, 0.717) is 0 Å². The normalized spacial score (nSPS) is 18.7. The molecule has 2 rings (SSSR count). The molecule has 3 nitrogen and oxygen atoms in total. The third kappa shape index (κ3) is 3.03. The minimum absolute atomic E-state index is 0.157. The first-order valence-electron chi connectivity index (χ1n) is 6.28. The van der Waals surface area contributed by atoms with Crippen LogP contribution in [0.4, 0.5) is 0 Å². The van der Waals surface area contributed by atoms with Crippen molar-refractivity contribution in [3.05, 3.63) is 33.4 Å². The Hall–Kier alpha value is -0.620. The van der Waals surface area contributed by atoms with Gasteiger partial charge in [-0.2, -0.15) is 0 Å². The fourth-order valence-electron chi connectivity index (χ4n) is 2.23. The second-order valence-corrected chi connectivity index (χ2v) is 6.36. The molecule has 1 aromatic carbocycles. The number of benzene rings is 1. The van der Waals surface area contributed by atoms with Gasteiger partial charge in [0.25, 0.3) is 5.91 Å². The Morgan fingerprint density at radius 1 is 1.28 bits per heavy atom. The van der Waals surface area contributed by atoms with E-state index in [-0.39, 0.29) is 11.4 Å². The molecular weight excluding hydrogens is 339 g/mol. The Bertz CT molecular complexity index is 422. The Labute approximate surface area is 122 Å². The lowest BCUT2D eigenvalue weighted by Gasteiger charge is -2.39. The highest BCUT2D eigenvalue weighted by atomic mass is 127. The number of nitrogens with one attached hydrogen (secondary N) is 1. The van der Waals surface area contributed by atoms with E-state index in [1.54, 1.807) is 0 Å². The van der Waals surface area contributed by atoms with E-state index in [1.165, 1.54) is 0 Å². The number of hydrogen-bond acceptors (Lipinski definition) is 2. The molecule has 0 saturated carbocycles. The van der Waals surface area contributed by atoms with Crippen molar-refractivity contribution in [3.63, 3.8) is 0 Å². The summed E-state index contributed by atoms with van der Waals surface area (Å²) in [5, 5.41) is 3.35. The number of piperidine rings is 1. The Balaban J connectivity index is 2.01. The molecule has 18 heavy (non-hydrogen) atoms. The molecule has 0 unspecified atom stereocenters. The molecule has 1 heterocycles. The summed E-state index contributed by atoms with van der Waals surface area (Å²) in [5.74, 6) is 0.157. The third-order valence-electron chi connectivity index (χ3n) is 3.85. The third-order valence-corrected chi connectivity index (χ3v) is 4.57. The predicted molar refractivity (Wildman–Crippen MR) is 81.8 cm³/mol. The number of hydrogen-bond donors (Lipinski definition) is 1. The number of likely N-dealkylation sites (tertiary alicyclic amines) is 1. The van der Waals surface area contributed by atoms with Crippen molar-refractivity contribution in [2.45, 2.75) is 25.3 Å². The van der Waals surface area contributed by atoms with Crippen LogP contribution < -0.4 is 5.32 Å². The number of carbonyl (C=O) groups excluding carboxylic acids is 1. The lowest BCUT2D eigenvalue weighted by Crippen LogP contribution is -2.51. The van der Waals surface area contributed by atoms with E-state index in [4.69, 9.17) is 0 Å². The average molecular weight is 358 g/mol. The summed E-state index contributed by atoms with van der Waals surface area (Å²) in [5.41, 5.74) is 0.978. The molecule has 4 heteroatoms. The smallest absolute Gasteiger partial charge is 0.253 e. The molecule has 98 valence electrons. The number of nitrogens with zero attached hydrogens (tertiary/aromatic N) is 1. The fourth-order valence-corrected chi connectivity index (χ4v) is 2.59. The van der Waals surface area contributed by atoms with Crippen LogP contribution in [-0.2, 0) is 0 Å². The molecule has 0 aliphatic carbocycles. The van der Waals surface area contributed by atoms with Crippen molar-refractivity contribution in [2.24, 2.45) is 0 Å². The van der Waals surface area contributed by atoms with Gasteiger partial charge in [-0.1, -0.05) is 0 Å². The van der Waals surface area contributed by atoms with E-state index in [2.05, 4.69) is 34.8 Å². The Morgan fingerprint density at radius 3 is 2.33 bits per heavy atom. The van der Waals surface area contributed by atoms with Gasteiger partial charge in [-0.25, -0.2) is 0 Å². The first kappa shape index (κ1) is 13.8. The highest BCUT2D eigenvalue weighted by Crippen LogP contribution is 2.22. The van der Waals surface area contributed by atoms with Gasteiger partial charge in [0.1, 0.15) is 0 Å². The summed E-state index contributed by atoms with van der Waals surface area (Å²) in [6.07, 6.45) is 2.03. The first-order chi connectivity index (χ1) is 8.54. The van der Waals surface area contributed by atoms with Gasteiger partial charge < -0.3 is 10.2 Å². The van der Waals surface area contributed by atoms with Crippen LogP contribution in [0.15, 0.2) is 24.3 Å². The molecule has 1 aliphatic heterocycles. The van der Waals surface area contributed by atoms with Crippen LogP contribution in [0.25, 0.3) is 0 Å². The van der Waals surface area contributed by atoms with Crippen molar-refractivity contribution in [1.82, 2.24) is 10.2 Å². The van der Waals surface area contributed by atoms with E-state index >= 15 is 0 Å². The summed E-state index contributed by atoms with van der Waals surface area (Å²) < 4.78 is 1.16. The Kier molecular flexibility index (Phi) is 4.27. The number of amides is 1. The molecule has 1 fully saturated rings. The molecular formula is C14H19IN2O. The molecule has 1 amide bonds. The van der Waals surface area contributed by atoms with Crippen molar-refractivity contribution in [1.29, 1.82) is 0 Å². The zero-order chi connectivity index (χ0) is 13.2. The zero-order valence-corrected chi connectivity index (χ0v) is 13.0. The standard InChI is InChI=1S/C14H19IN2O/c1-14(16-2)7-9-17(10-8-14)13(18)11-3-5-12(15)6-4-11/h3-6,16H,7-10H2,1-2H3.